The van der Waals surface area contributed by atoms with Crippen molar-refractivity contribution >= 4 is 87.4 Å². The quantitative estimate of drug-likeness (QED) is 0.167. The Hall–Kier alpha value is -9.59. The van der Waals surface area contributed by atoms with E-state index in [1.165, 1.54) is 21.5 Å². The Bertz CT molecular complexity index is 4530. The molecule has 7 nitrogen and oxygen atoms in total. The van der Waals surface area contributed by atoms with Crippen LogP contribution in [0.1, 0.15) is 5.56 Å². The number of nitrogens with zero attached hydrogens (tertiary/aromatic N) is 6. The third-order valence-corrected chi connectivity index (χ3v) is 14.4. The molecule has 15 rings (SSSR count). The van der Waals surface area contributed by atoms with Gasteiger partial charge in [-0.15, -0.1) is 0 Å². The van der Waals surface area contributed by atoms with Crippen LogP contribution in [0.15, 0.2) is 229 Å². The highest BCUT2D eigenvalue weighted by atomic mass is 16.3. The van der Waals surface area contributed by atoms with E-state index in [0.29, 0.717) is 17.5 Å². The maximum atomic E-state index is 7.27. The van der Waals surface area contributed by atoms with Crippen LogP contribution in [0.3, 0.4) is 0 Å². The first kappa shape index (κ1) is 39.4. The summed E-state index contributed by atoms with van der Waals surface area (Å²) in [6.07, 6.45) is 0. The summed E-state index contributed by atoms with van der Waals surface area (Å²) in [5.41, 5.74) is 15.1. The van der Waals surface area contributed by atoms with E-state index >= 15 is 0 Å². The molecule has 5 aromatic heterocycles. The highest BCUT2D eigenvalue weighted by Crippen LogP contribution is 2.49. The van der Waals surface area contributed by atoms with Gasteiger partial charge in [-0.1, -0.05) is 170 Å². The summed E-state index contributed by atoms with van der Waals surface area (Å²) in [7, 11) is 0. The molecule has 332 valence electrons. The molecule has 15 aromatic rings. The van der Waals surface area contributed by atoms with Crippen molar-refractivity contribution in [3.05, 3.63) is 230 Å². The lowest BCUT2D eigenvalue weighted by molar-refractivity contribution is 0.666. The molecule has 0 spiro atoms. The van der Waals surface area contributed by atoms with Crippen molar-refractivity contribution in [3.8, 4) is 51.2 Å². The molecule has 0 aliphatic carbocycles. The summed E-state index contributed by atoms with van der Waals surface area (Å²) < 4.78 is 14.7. The minimum atomic E-state index is 0.575. The van der Waals surface area contributed by atoms with Crippen molar-refractivity contribution in [2.45, 2.75) is 6.92 Å². The zero-order valence-corrected chi connectivity index (χ0v) is 38.5. The Morgan fingerprint density at radius 3 is 1.44 bits per heavy atom. The Morgan fingerprint density at radius 1 is 0.366 bits per heavy atom. The van der Waals surface area contributed by atoms with Crippen molar-refractivity contribution in [2.75, 3.05) is 0 Å². The van der Waals surface area contributed by atoms with E-state index < -0.39 is 0 Å². The van der Waals surface area contributed by atoms with Crippen LogP contribution < -0.4 is 0 Å². The molecule has 0 aliphatic rings. The first-order chi connectivity index (χ1) is 35.2. The normalized spacial score (nSPS) is 12.0. The predicted octanol–water partition coefficient (Wildman–Crippen LogP) is 16.4. The van der Waals surface area contributed by atoms with E-state index in [1.54, 1.807) is 0 Å². The van der Waals surface area contributed by atoms with Crippen molar-refractivity contribution in [1.29, 1.82) is 0 Å². The van der Waals surface area contributed by atoms with Gasteiger partial charge in [-0.2, -0.15) is 0 Å². The maximum Gasteiger partial charge on any atom is 0.164 e. The molecule has 0 saturated heterocycles. The van der Waals surface area contributed by atoms with Gasteiger partial charge < -0.3 is 18.1 Å². The largest absolute Gasteiger partial charge is 0.454 e. The van der Waals surface area contributed by atoms with Gasteiger partial charge >= 0.3 is 0 Å². The molecule has 0 atom stereocenters. The van der Waals surface area contributed by atoms with E-state index in [0.717, 1.165) is 105 Å². The molecule has 0 radical (unpaired) electrons. The third kappa shape index (κ3) is 5.74. The molecule has 0 bridgehead atoms. The highest BCUT2D eigenvalue weighted by Gasteiger charge is 2.30. The molecule has 0 aliphatic heterocycles. The monoisotopic (exact) mass is 908 g/mol. The lowest BCUT2D eigenvalue weighted by Gasteiger charge is -2.18. The average Bonchev–Trinajstić information content (AvgIpc) is 4.18. The molecule has 5 heterocycles. The Balaban J connectivity index is 1.14. The molecule has 0 unspecified atom stereocenters. The fourth-order valence-corrected chi connectivity index (χ4v) is 11.4. The van der Waals surface area contributed by atoms with Gasteiger partial charge in [0.25, 0.3) is 0 Å². The van der Waals surface area contributed by atoms with Gasteiger partial charge in [0, 0.05) is 65.5 Å². The minimum absolute atomic E-state index is 0.575. The van der Waals surface area contributed by atoms with Gasteiger partial charge in [0.15, 0.2) is 23.1 Å². The minimum Gasteiger partial charge on any atom is -0.454 e. The second-order valence-electron chi connectivity index (χ2n) is 18.4. The molecule has 0 fully saturated rings. The van der Waals surface area contributed by atoms with E-state index in [4.69, 9.17) is 19.4 Å². The van der Waals surface area contributed by atoms with Gasteiger partial charge in [0.2, 0.25) is 0 Å². The Labute approximate surface area is 406 Å². The smallest absolute Gasteiger partial charge is 0.164 e. The van der Waals surface area contributed by atoms with E-state index in [1.807, 2.05) is 42.5 Å². The zero-order valence-electron chi connectivity index (χ0n) is 38.5. The predicted molar refractivity (Wildman–Crippen MR) is 291 cm³/mol. The van der Waals surface area contributed by atoms with Crippen LogP contribution in [0.2, 0.25) is 0 Å². The van der Waals surface area contributed by atoms with Crippen LogP contribution >= 0.6 is 0 Å². The average molecular weight is 909 g/mol. The second kappa shape index (κ2) is 15.2. The van der Waals surface area contributed by atoms with Crippen LogP contribution in [0.5, 0.6) is 0 Å². The molecule has 0 amide bonds. The van der Waals surface area contributed by atoms with Crippen LogP contribution in [0.4, 0.5) is 0 Å². The number of hydrogen-bond donors (Lipinski definition) is 0. The van der Waals surface area contributed by atoms with Crippen molar-refractivity contribution in [3.63, 3.8) is 0 Å². The van der Waals surface area contributed by atoms with E-state index in [-0.39, 0.29) is 0 Å². The maximum absolute atomic E-state index is 7.27. The van der Waals surface area contributed by atoms with Crippen LogP contribution in [-0.4, -0.2) is 28.7 Å². The summed E-state index contributed by atoms with van der Waals surface area (Å²) in [5, 5.41) is 8.98. The number of aromatic nitrogens is 6. The van der Waals surface area contributed by atoms with Gasteiger partial charge in [-0.25, -0.2) is 15.0 Å². The summed E-state index contributed by atoms with van der Waals surface area (Å²) in [5.74, 6) is 1.78. The molecule has 10 aromatic carbocycles. The molecular weight excluding hydrogens is 869 g/mol. The molecule has 71 heavy (non-hydrogen) atoms. The SMILES string of the molecule is Cc1cc(-c2nc(-c3ccccc3)nc(-c3ccccc3)n2)c2c(oc3ccccc32)c1-n1c2ccccc2c2c1c(-n1c3ccccc3c3ccccc31)cc1c3ccccc3n(-c3ccccc3)c12. The van der Waals surface area contributed by atoms with Gasteiger partial charge in [0.05, 0.1) is 44.5 Å². The molecule has 0 N–H and O–H groups in total. The lowest BCUT2D eigenvalue weighted by Crippen LogP contribution is -2.05. The number of rotatable bonds is 6. The fourth-order valence-electron chi connectivity index (χ4n) is 11.4. The number of fused-ring (bicyclic) bond motifs is 13. The van der Waals surface area contributed by atoms with Crippen LogP contribution in [0.25, 0.3) is 139 Å². The topological polar surface area (TPSA) is 66.6 Å². The molecular formula is C64H40N6O. The van der Waals surface area contributed by atoms with Crippen LogP contribution in [-0.2, 0) is 0 Å². The number of aryl methyl sites for hydroxylation is 1. The van der Waals surface area contributed by atoms with Crippen LogP contribution in [0, 0.1) is 6.92 Å². The fraction of sp³-hybridized carbons (Fsp3) is 0.0156. The van der Waals surface area contributed by atoms with Gasteiger partial charge in [-0.05, 0) is 67.1 Å². The van der Waals surface area contributed by atoms with Crippen molar-refractivity contribution in [2.24, 2.45) is 0 Å². The van der Waals surface area contributed by atoms with Crippen molar-refractivity contribution < 1.29 is 4.42 Å². The van der Waals surface area contributed by atoms with Crippen molar-refractivity contribution in [1.82, 2.24) is 28.7 Å². The summed E-state index contributed by atoms with van der Waals surface area (Å²) in [4.78, 5) is 15.7. The first-order valence-corrected chi connectivity index (χ1v) is 24.0. The summed E-state index contributed by atoms with van der Waals surface area (Å²) in [6, 6.07) is 79.4. The summed E-state index contributed by atoms with van der Waals surface area (Å²) in [6.45, 7) is 2.20. The standard InChI is InChI=1S/C64H40N6O/c1-39-37-49(64-66-62(40-21-5-2-6-22-40)65-63(67-64)41-23-7-3-8-24-41)56-47-31-15-20-36-55(47)71-61(56)58(39)70-53-35-19-14-30-46(53)57-59-48(45-29-13-16-32-50(45)68(59)42-25-9-4-10-26-42)38-54(60(57)70)69-51-33-17-11-27-43(51)44-28-12-18-34-52(44)69/h2-38H,1H3. The third-order valence-electron chi connectivity index (χ3n) is 14.4. The van der Waals surface area contributed by atoms with Gasteiger partial charge in [0.1, 0.15) is 5.58 Å². The highest BCUT2D eigenvalue weighted by molar-refractivity contribution is 6.29. The van der Waals surface area contributed by atoms with E-state index in [2.05, 4.69) is 203 Å². The number of hydrogen-bond acceptors (Lipinski definition) is 4. The van der Waals surface area contributed by atoms with E-state index in [9.17, 15) is 0 Å². The molecule has 7 heteroatoms. The van der Waals surface area contributed by atoms with Gasteiger partial charge in [-0.3, -0.25) is 0 Å². The number of furan rings is 1. The number of benzene rings is 10. The number of para-hydroxylation sites is 6. The molecule has 0 saturated carbocycles. The Kier molecular flexibility index (Phi) is 8.44. The zero-order chi connectivity index (χ0) is 46.7. The Morgan fingerprint density at radius 2 is 0.831 bits per heavy atom. The summed E-state index contributed by atoms with van der Waals surface area (Å²) >= 11 is 0. The second-order valence-corrected chi connectivity index (χ2v) is 18.4. The first-order valence-electron chi connectivity index (χ1n) is 24.0. The lowest BCUT2D eigenvalue weighted by atomic mass is 10.00.